The summed E-state index contributed by atoms with van der Waals surface area (Å²) in [5.74, 6) is 4.29. The van der Waals surface area contributed by atoms with Gasteiger partial charge in [-0.3, -0.25) is 0 Å². The molecule has 5 aromatic rings. The molecule has 5 aromatic carbocycles. The van der Waals surface area contributed by atoms with Gasteiger partial charge in [0.1, 0.15) is 23.5 Å². The maximum Gasteiger partial charge on any atom is 0.145 e. The van der Waals surface area contributed by atoms with E-state index >= 15 is 0 Å². The second-order valence-corrected chi connectivity index (χ2v) is 14.6. The third-order valence-electron chi connectivity index (χ3n) is 9.51. The van der Waals surface area contributed by atoms with Gasteiger partial charge < -0.3 is 9.47 Å². The van der Waals surface area contributed by atoms with Crippen molar-refractivity contribution in [2.45, 2.75) is 35.4 Å². The Morgan fingerprint density at radius 2 is 1.47 bits per heavy atom. The van der Waals surface area contributed by atoms with E-state index in [1.807, 2.05) is 23.5 Å². The van der Waals surface area contributed by atoms with E-state index in [9.17, 15) is 0 Å². The van der Waals surface area contributed by atoms with Crippen molar-refractivity contribution in [3.63, 3.8) is 0 Å². The molecule has 43 heavy (non-hydrogen) atoms. The average molecular weight is 597 g/mol. The molecule has 2 aliphatic carbocycles. The van der Waals surface area contributed by atoms with Crippen molar-refractivity contribution in [2.24, 2.45) is 0 Å². The van der Waals surface area contributed by atoms with E-state index in [1.165, 1.54) is 66.8 Å². The standard InChI is InChI=1S/C39H32O2S2/c1-3-7-32-25(5-1)9-19-34-35-20-10-26-6-2-4-8-33(26)38(35)39(37(32)34,27-11-15-29(16-12-27)40-23-31-24-43-31)28-13-17-30(18-14-28)41-36-21-22-42-36/h1,3-5,7-20,31,36H,2,6,21-24H2. The van der Waals surface area contributed by atoms with Crippen LogP contribution in [-0.4, -0.2) is 28.8 Å². The number of allylic oxidation sites excluding steroid dienone is 1. The molecule has 0 radical (unpaired) electrons. The molecule has 2 aliphatic heterocycles. The molecule has 9 rings (SSSR count). The summed E-state index contributed by atoms with van der Waals surface area (Å²) in [6, 6.07) is 36.3. The lowest BCUT2D eigenvalue weighted by Crippen LogP contribution is -2.30. The largest absolute Gasteiger partial charge is 0.492 e. The lowest BCUT2D eigenvalue weighted by Gasteiger charge is -2.36. The highest BCUT2D eigenvalue weighted by Crippen LogP contribution is 2.60. The van der Waals surface area contributed by atoms with Crippen LogP contribution in [0.5, 0.6) is 11.5 Å². The summed E-state index contributed by atoms with van der Waals surface area (Å²) < 4.78 is 12.5. The van der Waals surface area contributed by atoms with E-state index in [0.29, 0.717) is 5.25 Å². The van der Waals surface area contributed by atoms with Crippen LogP contribution in [-0.2, 0) is 11.8 Å². The molecular formula is C39H32O2S2. The van der Waals surface area contributed by atoms with E-state index in [4.69, 9.17) is 9.47 Å². The number of rotatable bonds is 7. The van der Waals surface area contributed by atoms with E-state index < -0.39 is 5.41 Å². The Balaban J connectivity index is 1.32. The fourth-order valence-electron chi connectivity index (χ4n) is 7.31. The first-order valence-electron chi connectivity index (χ1n) is 15.4. The third-order valence-corrected chi connectivity index (χ3v) is 11.6. The van der Waals surface area contributed by atoms with Gasteiger partial charge in [0.15, 0.2) is 0 Å². The molecule has 2 fully saturated rings. The highest BCUT2D eigenvalue weighted by molar-refractivity contribution is 8.06. The van der Waals surface area contributed by atoms with Gasteiger partial charge in [-0.25, -0.2) is 0 Å². The monoisotopic (exact) mass is 596 g/mol. The molecule has 2 heterocycles. The second-order valence-electron chi connectivity index (χ2n) is 12.0. The molecule has 0 aromatic heterocycles. The second kappa shape index (κ2) is 10.2. The first kappa shape index (κ1) is 25.9. The highest BCUT2D eigenvalue weighted by Gasteiger charge is 2.49. The van der Waals surface area contributed by atoms with Crippen molar-refractivity contribution < 1.29 is 9.47 Å². The lowest BCUT2D eigenvalue weighted by atomic mass is 9.65. The quantitative estimate of drug-likeness (QED) is 0.171. The fraction of sp³-hybridized carbons (Fsp3) is 0.231. The number of benzene rings is 5. The molecule has 4 aliphatic rings. The Morgan fingerprint density at radius 3 is 2.21 bits per heavy atom. The zero-order chi connectivity index (χ0) is 28.4. The minimum absolute atomic E-state index is 0.274. The molecule has 212 valence electrons. The van der Waals surface area contributed by atoms with Gasteiger partial charge in [0, 0.05) is 23.2 Å². The van der Waals surface area contributed by atoms with Crippen LogP contribution in [0.1, 0.15) is 46.2 Å². The number of fused-ring (bicyclic) bond motifs is 7. The predicted octanol–water partition coefficient (Wildman–Crippen LogP) is 9.50. The Hall–Kier alpha value is -3.60. The van der Waals surface area contributed by atoms with Crippen LogP contribution in [0, 0.1) is 0 Å². The van der Waals surface area contributed by atoms with Gasteiger partial charge >= 0.3 is 0 Å². The summed E-state index contributed by atoms with van der Waals surface area (Å²) in [6.45, 7) is 0.782. The van der Waals surface area contributed by atoms with E-state index in [1.54, 1.807) is 0 Å². The minimum Gasteiger partial charge on any atom is -0.492 e. The number of ether oxygens (including phenoxy) is 2. The van der Waals surface area contributed by atoms with Gasteiger partial charge in [-0.2, -0.15) is 11.8 Å². The zero-order valence-corrected chi connectivity index (χ0v) is 25.6. The lowest BCUT2D eigenvalue weighted by molar-refractivity contribution is 0.271. The molecule has 0 bridgehead atoms. The van der Waals surface area contributed by atoms with Crippen molar-refractivity contribution in [2.75, 3.05) is 18.1 Å². The van der Waals surface area contributed by atoms with E-state index in [-0.39, 0.29) is 5.44 Å². The Kier molecular flexibility index (Phi) is 6.16. The summed E-state index contributed by atoms with van der Waals surface area (Å²) >= 11 is 3.87. The first-order valence-corrected chi connectivity index (χ1v) is 17.5. The number of hydrogen-bond acceptors (Lipinski definition) is 4. The summed E-state index contributed by atoms with van der Waals surface area (Å²) in [4.78, 5) is 0. The van der Waals surface area contributed by atoms with Crippen LogP contribution in [0.4, 0.5) is 0 Å². The maximum atomic E-state index is 6.31. The van der Waals surface area contributed by atoms with Crippen LogP contribution < -0.4 is 9.47 Å². The molecule has 0 N–H and O–H groups in total. The Bertz CT molecular complexity index is 1880. The van der Waals surface area contributed by atoms with Crippen LogP contribution in [0.15, 0.2) is 103 Å². The van der Waals surface area contributed by atoms with Gasteiger partial charge in [-0.1, -0.05) is 84.9 Å². The summed E-state index contributed by atoms with van der Waals surface area (Å²) in [7, 11) is 0. The predicted molar refractivity (Wildman–Crippen MR) is 182 cm³/mol. The number of hydrogen-bond donors (Lipinski definition) is 0. The molecule has 3 unspecified atom stereocenters. The molecule has 4 heteroatoms. The smallest absolute Gasteiger partial charge is 0.145 e. The van der Waals surface area contributed by atoms with Crippen molar-refractivity contribution in [1.82, 2.24) is 0 Å². The van der Waals surface area contributed by atoms with E-state index in [2.05, 4.69) is 109 Å². The SMILES string of the molecule is C1=Cc2c(ccc3c2C(c2ccc(OCC4CS4)cc2)(c2ccc(OC4CCS4)cc2)c2c-3ccc3ccccc23)CC1. The van der Waals surface area contributed by atoms with Gasteiger partial charge in [0.05, 0.1) is 5.41 Å². The molecule has 2 saturated heterocycles. The van der Waals surface area contributed by atoms with Crippen LogP contribution in [0.3, 0.4) is 0 Å². The van der Waals surface area contributed by atoms with Crippen molar-refractivity contribution in [1.29, 1.82) is 0 Å². The molecule has 0 saturated carbocycles. The van der Waals surface area contributed by atoms with Crippen LogP contribution in [0.2, 0.25) is 0 Å². The first-order chi connectivity index (χ1) is 21.3. The normalized spacial score (nSPS) is 22.8. The third kappa shape index (κ3) is 4.17. The maximum absolute atomic E-state index is 6.31. The zero-order valence-electron chi connectivity index (χ0n) is 23.9. The van der Waals surface area contributed by atoms with Gasteiger partial charge in [0.2, 0.25) is 0 Å². The summed E-state index contributed by atoms with van der Waals surface area (Å²) in [5, 5.41) is 3.22. The van der Waals surface area contributed by atoms with Crippen LogP contribution in [0.25, 0.3) is 28.0 Å². The van der Waals surface area contributed by atoms with Gasteiger partial charge in [0.25, 0.3) is 0 Å². The van der Waals surface area contributed by atoms with Crippen molar-refractivity contribution >= 4 is 40.4 Å². The molecule has 3 atom stereocenters. The summed E-state index contributed by atoms with van der Waals surface area (Å²) in [5.41, 5.74) is 10.6. The van der Waals surface area contributed by atoms with Crippen molar-refractivity contribution in [3.05, 3.63) is 137 Å². The molecule has 0 amide bonds. The fourth-order valence-corrected chi connectivity index (χ4v) is 8.31. The van der Waals surface area contributed by atoms with Crippen LogP contribution >= 0.6 is 23.5 Å². The summed E-state index contributed by atoms with van der Waals surface area (Å²) in [6.07, 6.45) is 8.02. The minimum atomic E-state index is -0.493. The Morgan fingerprint density at radius 1 is 0.744 bits per heavy atom. The Labute approximate surface area is 261 Å². The highest BCUT2D eigenvalue weighted by atomic mass is 32.2. The molecule has 2 nitrogen and oxygen atoms in total. The number of aryl methyl sites for hydroxylation is 1. The van der Waals surface area contributed by atoms with E-state index in [0.717, 1.165) is 37.4 Å². The average Bonchev–Trinajstić information content (AvgIpc) is 3.83. The molecular weight excluding hydrogens is 565 g/mol. The van der Waals surface area contributed by atoms with Crippen molar-refractivity contribution in [3.8, 4) is 22.6 Å². The van der Waals surface area contributed by atoms with Gasteiger partial charge in [-0.15, -0.1) is 11.8 Å². The molecule has 0 spiro atoms. The number of thioether (sulfide) groups is 2. The topological polar surface area (TPSA) is 18.5 Å². The van der Waals surface area contributed by atoms with Gasteiger partial charge in [-0.05, 0) is 92.4 Å².